The Balaban J connectivity index is 3.19. The number of aryl methyl sites for hydroxylation is 1. The molecule has 0 heterocycles. The van der Waals surface area contributed by atoms with E-state index in [1.807, 2.05) is 13.0 Å². The van der Waals surface area contributed by atoms with Crippen LogP contribution in [-0.2, 0) is 6.42 Å². The lowest BCUT2D eigenvalue weighted by Gasteiger charge is -2.11. The number of methoxy groups -OCH3 is 1. The first-order valence-electron chi connectivity index (χ1n) is 4.22. The molecular weight excluding hydrogens is 167 g/mol. The zero-order valence-corrected chi connectivity index (χ0v) is 7.82. The van der Waals surface area contributed by atoms with Gasteiger partial charge in [-0.25, -0.2) is 0 Å². The van der Waals surface area contributed by atoms with E-state index in [0.29, 0.717) is 11.2 Å². The fourth-order valence-electron chi connectivity index (χ4n) is 1.34. The van der Waals surface area contributed by atoms with Crippen LogP contribution in [0, 0.1) is 0 Å². The van der Waals surface area contributed by atoms with Gasteiger partial charge in [-0.1, -0.05) is 25.1 Å². The van der Waals surface area contributed by atoms with Crippen LogP contribution in [0.25, 0.3) is 0 Å². The highest BCUT2D eigenvalue weighted by Crippen LogP contribution is 2.15. The minimum atomic E-state index is -1.47. The van der Waals surface area contributed by atoms with Crippen LogP contribution in [0.2, 0.25) is 0 Å². The van der Waals surface area contributed by atoms with E-state index in [9.17, 15) is 0 Å². The number of rotatable bonds is 3. The fraction of sp³-hybridized carbons (Fsp3) is 0.333. The number of para-hydroxylation sites is 1. The third-order valence-corrected chi connectivity index (χ3v) is 1.99. The first-order valence-corrected chi connectivity index (χ1v) is 4.22. The molecule has 0 spiro atoms. The quantitative estimate of drug-likeness (QED) is 0.640. The van der Waals surface area contributed by atoms with E-state index in [4.69, 9.17) is 14.8 Å². The van der Waals surface area contributed by atoms with Gasteiger partial charge in [0.25, 0.3) is 0 Å². The Hall–Kier alpha value is -0.995. The molecule has 0 aliphatic heterocycles. The second-order valence-corrected chi connectivity index (χ2v) is 2.77. The summed E-state index contributed by atoms with van der Waals surface area (Å²) in [6, 6.07) is 5.34. The summed E-state index contributed by atoms with van der Waals surface area (Å²) in [7, 11) is 0.0573. The van der Waals surface area contributed by atoms with Crippen LogP contribution in [-0.4, -0.2) is 24.3 Å². The predicted octanol–water partition coefficient (Wildman–Crippen LogP) is -0.0626. The van der Waals surface area contributed by atoms with E-state index in [-0.39, 0.29) is 0 Å². The van der Waals surface area contributed by atoms with Gasteiger partial charge < -0.3 is 14.8 Å². The lowest BCUT2D eigenvalue weighted by molar-refractivity contribution is 0.400. The third kappa shape index (κ3) is 2.02. The van der Waals surface area contributed by atoms with Gasteiger partial charge in [0.2, 0.25) is 0 Å². The highest BCUT2D eigenvalue weighted by atomic mass is 16.5. The van der Waals surface area contributed by atoms with Crippen molar-refractivity contribution in [3.63, 3.8) is 0 Å². The molecule has 3 nitrogen and oxygen atoms in total. The molecule has 0 fully saturated rings. The van der Waals surface area contributed by atoms with Crippen LogP contribution in [0.15, 0.2) is 18.2 Å². The van der Waals surface area contributed by atoms with Crippen molar-refractivity contribution in [2.75, 3.05) is 7.11 Å². The van der Waals surface area contributed by atoms with Crippen molar-refractivity contribution in [2.45, 2.75) is 13.3 Å². The molecule has 0 bridgehead atoms. The molecule has 1 rings (SSSR count). The maximum Gasteiger partial charge on any atom is 0.492 e. The van der Waals surface area contributed by atoms with E-state index >= 15 is 0 Å². The van der Waals surface area contributed by atoms with E-state index < -0.39 is 7.12 Å². The van der Waals surface area contributed by atoms with E-state index in [1.165, 1.54) is 7.11 Å². The van der Waals surface area contributed by atoms with Gasteiger partial charge in [-0.2, -0.15) is 0 Å². The molecule has 13 heavy (non-hydrogen) atoms. The molecule has 70 valence electrons. The maximum atomic E-state index is 9.03. The van der Waals surface area contributed by atoms with Crippen LogP contribution in [0.1, 0.15) is 12.5 Å². The topological polar surface area (TPSA) is 49.7 Å². The number of ether oxygens (including phenoxy) is 1. The molecule has 0 saturated heterocycles. The van der Waals surface area contributed by atoms with E-state index in [2.05, 4.69) is 0 Å². The van der Waals surface area contributed by atoms with E-state index in [1.54, 1.807) is 12.1 Å². The Morgan fingerprint density at radius 1 is 1.38 bits per heavy atom. The average molecular weight is 180 g/mol. The first kappa shape index (κ1) is 10.1. The fourth-order valence-corrected chi connectivity index (χ4v) is 1.34. The maximum absolute atomic E-state index is 9.03. The number of hydrogen-bond donors (Lipinski definition) is 2. The SMILES string of the molecule is CCc1cccc(B(O)O)c1OC. The van der Waals surface area contributed by atoms with Crippen molar-refractivity contribution in [1.82, 2.24) is 0 Å². The molecule has 0 amide bonds. The smallest absolute Gasteiger partial charge is 0.492 e. The van der Waals surface area contributed by atoms with Crippen LogP contribution >= 0.6 is 0 Å². The van der Waals surface area contributed by atoms with Crippen LogP contribution in [0.5, 0.6) is 5.75 Å². The molecule has 0 aliphatic rings. The summed E-state index contributed by atoms with van der Waals surface area (Å²) in [5.74, 6) is 0.569. The predicted molar refractivity (Wildman–Crippen MR) is 52.2 cm³/mol. The molecule has 0 aliphatic carbocycles. The van der Waals surface area contributed by atoms with Gasteiger partial charge in [0.05, 0.1) is 7.11 Å². The summed E-state index contributed by atoms with van der Waals surface area (Å²) in [4.78, 5) is 0. The Labute approximate surface area is 78.1 Å². The van der Waals surface area contributed by atoms with Crippen molar-refractivity contribution < 1.29 is 14.8 Å². The Morgan fingerprint density at radius 3 is 2.54 bits per heavy atom. The van der Waals surface area contributed by atoms with Crippen molar-refractivity contribution >= 4 is 12.6 Å². The van der Waals surface area contributed by atoms with Crippen molar-refractivity contribution in [2.24, 2.45) is 0 Å². The lowest BCUT2D eigenvalue weighted by Crippen LogP contribution is -2.31. The third-order valence-electron chi connectivity index (χ3n) is 1.99. The standard InChI is InChI=1S/C9H13BO3/c1-3-7-5-4-6-8(10(11)12)9(7)13-2/h4-6,11-12H,3H2,1-2H3. The highest BCUT2D eigenvalue weighted by molar-refractivity contribution is 6.59. The second kappa shape index (κ2) is 4.30. The minimum absolute atomic E-state index is 0.418. The van der Waals surface area contributed by atoms with Crippen molar-refractivity contribution in [3.8, 4) is 5.75 Å². The summed E-state index contributed by atoms with van der Waals surface area (Å²) < 4.78 is 5.11. The normalized spacial score (nSPS) is 9.85. The van der Waals surface area contributed by atoms with Gasteiger partial charge in [0.1, 0.15) is 5.75 Å². The number of hydrogen-bond acceptors (Lipinski definition) is 3. The molecule has 0 unspecified atom stereocenters. The van der Waals surface area contributed by atoms with Gasteiger partial charge in [-0.05, 0) is 12.0 Å². The zero-order chi connectivity index (χ0) is 9.84. The van der Waals surface area contributed by atoms with Gasteiger partial charge in [0.15, 0.2) is 0 Å². The molecule has 4 heteroatoms. The van der Waals surface area contributed by atoms with Gasteiger partial charge in [-0.3, -0.25) is 0 Å². The molecule has 0 saturated carbocycles. The summed E-state index contributed by atoms with van der Waals surface area (Å²) in [5, 5.41) is 18.1. The Bertz CT molecular complexity index is 286. The summed E-state index contributed by atoms with van der Waals surface area (Å²) in [5.41, 5.74) is 1.40. The summed E-state index contributed by atoms with van der Waals surface area (Å²) in [6.07, 6.45) is 0.809. The Kier molecular flexibility index (Phi) is 3.34. The average Bonchev–Trinajstić information content (AvgIpc) is 2.16. The van der Waals surface area contributed by atoms with Gasteiger partial charge in [-0.15, -0.1) is 0 Å². The summed E-state index contributed by atoms with van der Waals surface area (Å²) in [6.45, 7) is 1.99. The van der Waals surface area contributed by atoms with Gasteiger partial charge >= 0.3 is 7.12 Å². The Morgan fingerprint density at radius 2 is 2.08 bits per heavy atom. The lowest BCUT2D eigenvalue weighted by atomic mass is 9.78. The highest BCUT2D eigenvalue weighted by Gasteiger charge is 2.18. The van der Waals surface area contributed by atoms with E-state index in [0.717, 1.165) is 12.0 Å². The summed E-state index contributed by atoms with van der Waals surface area (Å²) >= 11 is 0. The zero-order valence-electron chi connectivity index (χ0n) is 7.82. The molecule has 1 aromatic carbocycles. The van der Waals surface area contributed by atoms with Crippen LogP contribution in [0.3, 0.4) is 0 Å². The molecule has 0 radical (unpaired) electrons. The monoisotopic (exact) mass is 180 g/mol. The molecule has 1 aromatic rings. The van der Waals surface area contributed by atoms with Crippen LogP contribution < -0.4 is 10.2 Å². The molecule has 2 N–H and O–H groups in total. The van der Waals surface area contributed by atoms with Crippen molar-refractivity contribution in [3.05, 3.63) is 23.8 Å². The molecule has 0 aromatic heterocycles. The van der Waals surface area contributed by atoms with Crippen LogP contribution in [0.4, 0.5) is 0 Å². The number of benzene rings is 1. The molecular formula is C9H13BO3. The minimum Gasteiger partial charge on any atom is -0.497 e. The van der Waals surface area contributed by atoms with Gasteiger partial charge in [0, 0.05) is 5.46 Å². The van der Waals surface area contributed by atoms with Crippen molar-refractivity contribution in [1.29, 1.82) is 0 Å². The first-order chi connectivity index (χ1) is 6.20. The second-order valence-electron chi connectivity index (χ2n) is 2.77. The largest absolute Gasteiger partial charge is 0.497 e. The molecule has 0 atom stereocenters.